The molecule has 5 nitrogen and oxygen atoms in total. The maximum absolute atomic E-state index is 5.72. The Balaban J connectivity index is 2.91. The summed E-state index contributed by atoms with van der Waals surface area (Å²) >= 11 is 0. The van der Waals surface area contributed by atoms with Crippen molar-refractivity contribution in [1.29, 1.82) is 0 Å². The van der Waals surface area contributed by atoms with Gasteiger partial charge >= 0.3 is 0 Å². The van der Waals surface area contributed by atoms with Crippen molar-refractivity contribution >= 4 is 5.82 Å². The number of hydrogen-bond acceptors (Lipinski definition) is 5. The molecule has 0 saturated heterocycles. The first-order valence-corrected chi connectivity index (χ1v) is 5.40. The summed E-state index contributed by atoms with van der Waals surface area (Å²) in [6.07, 6.45) is 3.32. The Kier molecular flexibility index (Phi) is 4.06. The summed E-state index contributed by atoms with van der Waals surface area (Å²) in [7, 11) is 1.95. The van der Waals surface area contributed by atoms with Crippen LogP contribution in [0.1, 0.15) is 20.8 Å². The predicted octanol–water partition coefficient (Wildman–Crippen LogP) is 1.05. The first kappa shape index (κ1) is 12.7. The van der Waals surface area contributed by atoms with E-state index in [4.69, 9.17) is 10.5 Å². The maximum Gasteiger partial charge on any atom is 0.234 e. The van der Waals surface area contributed by atoms with E-state index in [1.165, 1.54) is 0 Å². The van der Waals surface area contributed by atoms with E-state index in [9.17, 15) is 0 Å². The Hall–Kier alpha value is -1.36. The van der Waals surface area contributed by atoms with Crippen molar-refractivity contribution < 1.29 is 4.74 Å². The molecule has 0 radical (unpaired) electrons. The molecule has 0 aliphatic carbocycles. The predicted molar refractivity (Wildman–Crippen MR) is 64.7 cm³/mol. The zero-order chi connectivity index (χ0) is 12.2. The zero-order valence-electron chi connectivity index (χ0n) is 10.4. The molecule has 1 aromatic heterocycles. The first-order valence-electron chi connectivity index (χ1n) is 5.40. The summed E-state index contributed by atoms with van der Waals surface area (Å²) in [5, 5.41) is 0. The molecule has 2 N–H and O–H groups in total. The summed E-state index contributed by atoms with van der Waals surface area (Å²) in [6, 6.07) is 0. The van der Waals surface area contributed by atoms with E-state index in [0.29, 0.717) is 19.0 Å². The van der Waals surface area contributed by atoms with Crippen LogP contribution in [0.3, 0.4) is 0 Å². The number of rotatable bonds is 5. The third-order valence-corrected chi connectivity index (χ3v) is 2.64. The minimum absolute atomic E-state index is 0.153. The lowest BCUT2D eigenvalue weighted by molar-refractivity contribution is 0.324. The molecule has 1 heterocycles. The van der Waals surface area contributed by atoms with E-state index in [0.717, 1.165) is 5.82 Å². The largest absolute Gasteiger partial charge is 0.477 e. The Labute approximate surface area is 96.6 Å². The van der Waals surface area contributed by atoms with Crippen LogP contribution in [0.4, 0.5) is 5.82 Å². The molecule has 1 aromatic rings. The molecule has 0 unspecified atom stereocenters. The lowest BCUT2D eigenvalue weighted by atomic mass is 10.0. The fraction of sp³-hybridized carbons (Fsp3) is 0.636. The van der Waals surface area contributed by atoms with Crippen LogP contribution in [0.2, 0.25) is 0 Å². The minimum atomic E-state index is -0.153. The average molecular weight is 224 g/mol. The summed E-state index contributed by atoms with van der Waals surface area (Å²) < 4.78 is 5.31. The van der Waals surface area contributed by atoms with Crippen molar-refractivity contribution in [2.75, 3.05) is 25.1 Å². The molecule has 0 aliphatic heterocycles. The molecule has 0 bridgehead atoms. The second-order valence-electron chi connectivity index (χ2n) is 4.22. The standard InChI is InChI=1S/C11H20N4O/c1-5-16-10-7-13-6-9(14-10)15(4)11(2,3)8-12/h6-7H,5,8,12H2,1-4H3. The van der Waals surface area contributed by atoms with Gasteiger partial charge < -0.3 is 15.4 Å². The van der Waals surface area contributed by atoms with Gasteiger partial charge in [-0.25, -0.2) is 0 Å². The van der Waals surface area contributed by atoms with Gasteiger partial charge in [0, 0.05) is 19.1 Å². The number of aromatic nitrogens is 2. The third-order valence-electron chi connectivity index (χ3n) is 2.64. The van der Waals surface area contributed by atoms with Crippen LogP contribution >= 0.6 is 0 Å². The monoisotopic (exact) mass is 224 g/mol. The van der Waals surface area contributed by atoms with Gasteiger partial charge in [0.2, 0.25) is 5.88 Å². The molecule has 5 heteroatoms. The van der Waals surface area contributed by atoms with Crippen molar-refractivity contribution in [3.8, 4) is 5.88 Å². The molecule has 0 atom stereocenters. The lowest BCUT2D eigenvalue weighted by Crippen LogP contribution is -2.47. The molecular weight excluding hydrogens is 204 g/mol. The first-order chi connectivity index (χ1) is 7.51. The second-order valence-corrected chi connectivity index (χ2v) is 4.22. The van der Waals surface area contributed by atoms with Gasteiger partial charge in [0.1, 0.15) is 0 Å². The third kappa shape index (κ3) is 2.82. The highest BCUT2D eigenvalue weighted by Crippen LogP contribution is 2.20. The Morgan fingerprint density at radius 3 is 2.69 bits per heavy atom. The number of anilines is 1. The van der Waals surface area contributed by atoms with Crippen LogP contribution in [0, 0.1) is 0 Å². The summed E-state index contributed by atoms with van der Waals surface area (Å²) in [5.41, 5.74) is 5.57. The molecule has 0 fully saturated rings. The van der Waals surface area contributed by atoms with Gasteiger partial charge in [-0.3, -0.25) is 4.98 Å². The SMILES string of the molecule is CCOc1cncc(N(C)C(C)(C)CN)n1. The van der Waals surface area contributed by atoms with Crippen LogP contribution in [0.15, 0.2) is 12.4 Å². The molecule has 0 spiro atoms. The molecule has 0 amide bonds. The maximum atomic E-state index is 5.72. The Bertz CT molecular complexity index is 341. The number of nitrogens with two attached hydrogens (primary N) is 1. The highest BCUT2D eigenvalue weighted by molar-refractivity contribution is 5.39. The van der Waals surface area contributed by atoms with Gasteiger partial charge in [-0.15, -0.1) is 0 Å². The Morgan fingerprint density at radius 2 is 2.12 bits per heavy atom. The Morgan fingerprint density at radius 1 is 1.44 bits per heavy atom. The number of likely N-dealkylation sites (N-methyl/N-ethyl adjacent to an activating group) is 1. The highest BCUT2D eigenvalue weighted by atomic mass is 16.5. The van der Waals surface area contributed by atoms with Gasteiger partial charge in [-0.05, 0) is 20.8 Å². The van der Waals surface area contributed by atoms with Crippen molar-refractivity contribution in [3.63, 3.8) is 0 Å². The molecule has 0 aliphatic rings. The van der Waals surface area contributed by atoms with E-state index in [2.05, 4.69) is 23.8 Å². The van der Waals surface area contributed by atoms with Gasteiger partial charge in [-0.2, -0.15) is 4.98 Å². The van der Waals surface area contributed by atoms with Gasteiger partial charge in [0.15, 0.2) is 5.82 Å². The van der Waals surface area contributed by atoms with E-state index in [1.807, 2.05) is 18.9 Å². The molecule has 90 valence electrons. The van der Waals surface area contributed by atoms with Crippen LogP contribution in [-0.4, -0.2) is 35.7 Å². The van der Waals surface area contributed by atoms with Crippen molar-refractivity contribution in [1.82, 2.24) is 9.97 Å². The molecule has 1 rings (SSSR count). The van der Waals surface area contributed by atoms with Crippen LogP contribution in [0.5, 0.6) is 5.88 Å². The average Bonchev–Trinajstić information content (AvgIpc) is 2.29. The highest BCUT2D eigenvalue weighted by Gasteiger charge is 2.23. The summed E-state index contributed by atoms with van der Waals surface area (Å²) in [6.45, 7) is 7.16. The van der Waals surface area contributed by atoms with Gasteiger partial charge in [0.05, 0.1) is 19.0 Å². The van der Waals surface area contributed by atoms with E-state index < -0.39 is 0 Å². The fourth-order valence-corrected chi connectivity index (χ4v) is 1.16. The molecular formula is C11H20N4O. The quantitative estimate of drug-likeness (QED) is 0.810. The molecule has 0 saturated carbocycles. The second kappa shape index (κ2) is 5.12. The van der Waals surface area contributed by atoms with E-state index in [-0.39, 0.29) is 5.54 Å². The number of ether oxygens (including phenoxy) is 1. The normalized spacial score (nSPS) is 11.3. The topological polar surface area (TPSA) is 64.3 Å². The van der Waals surface area contributed by atoms with Crippen LogP contribution in [-0.2, 0) is 0 Å². The smallest absolute Gasteiger partial charge is 0.234 e. The van der Waals surface area contributed by atoms with Crippen molar-refractivity contribution in [2.45, 2.75) is 26.3 Å². The lowest BCUT2D eigenvalue weighted by Gasteiger charge is -2.35. The van der Waals surface area contributed by atoms with Gasteiger partial charge in [-0.1, -0.05) is 0 Å². The summed E-state index contributed by atoms with van der Waals surface area (Å²) in [4.78, 5) is 10.5. The number of nitrogens with zero attached hydrogens (tertiary/aromatic N) is 3. The van der Waals surface area contributed by atoms with Crippen molar-refractivity contribution in [3.05, 3.63) is 12.4 Å². The number of hydrogen-bond donors (Lipinski definition) is 1. The van der Waals surface area contributed by atoms with Crippen LogP contribution in [0.25, 0.3) is 0 Å². The zero-order valence-corrected chi connectivity index (χ0v) is 10.4. The fourth-order valence-electron chi connectivity index (χ4n) is 1.16. The van der Waals surface area contributed by atoms with E-state index in [1.54, 1.807) is 12.4 Å². The minimum Gasteiger partial charge on any atom is -0.477 e. The van der Waals surface area contributed by atoms with E-state index >= 15 is 0 Å². The molecule has 0 aromatic carbocycles. The van der Waals surface area contributed by atoms with Crippen LogP contribution < -0.4 is 15.4 Å². The van der Waals surface area contributed by atoms with Crippen molar-refractivity contribution in [2.24, 2.45) is 5.73 Å². The summed E-state index contributed by atoms with van der Waals surface area (Å²) in [5.74, 6) is 1.31. The molecule has 16 heavy (non-hydrogen) atoms. The van der Waals surface area contributed by atoms with Gasteiger partial charge in [0.25, 0.3) is 0 Å².